The average Bonchev–Trinajstić information content (AvgIpc) is 2.98. The molecule has 0 radical (unpaired) electrons. The van der Waals surface area contributed by atoms with Crippen molar-refractivity contribution in [3.05, 3.63) is 77.4 Å². The molecule has 1 aliphatic rings. The summed E-state index contributed by atoms with van der Waals surface area (Å²) in [6.45, 7) is 3.13. The Kier molecular flexibility index (Phi) is 6.34. The molecule has 0 unspecified atom stereocenters. The van der Waals surface area contributed by atoms with Crippen LogP contribution in [0.3, 0.4) is 0 Å². The Balaban J connectivity index is 1.63. The average molecular weight is 538 g/mol. The van der Waals surface area contributed by atoms with Crippen molar-refractivity contribution in [1.82, 2.24) is 9.88 Å². The number of anilines is 1. The predicted octanol–water partition coefficient (Wildman–Crippen LogP) is 5.44. The molecule has 7 nitrogen and oxygen atoms in total. The minimum Gasteiger partial charge on any atom is -0.305 e. The number of aromatic nitrogens is 1. The van der Waals surface area contributed by atoms with Crippen LogP contribution in [0.5, 0.6) is 0 Å². The lowest BCUT2D eigenvalue weighted by Crippen LogP contribution is -2.43. The van der Waals surface area contributed by atoms with E-state index in [9.17, 15) is 31.2 Å². The summed E-state index contributed by atoms with van der Waals surface area (Å²) >= 11 is 6.26. The lowest BCUT2D eigenvalue weighted by molar-refractivity contribution is -0.123. The summed E-state index contributed by atoms with van der Waals surface area (Å²) in [7, 11) is -5.56. The van der Waals surface area contributed by atoms with Gasteiger partial charge >= 0.3 is 11.5 Å². The zero-order valence-corrected chi connectivity index (χ0v) is 20.5. The number of imide groups is 1. The Bertz CT molecular complexity index is 1460. The van der Waals surface area contributed by atoms with Gasteiger partial charge in [0, 0.05) is 23.3 Å². The van der Waals surface area contributed by atoms with Gasteiger partial charge in [0.2, 0.25) is 0 Å². The van der Waals surface area contributed by atoms with Crippen molar-refractivity contribution in [2.75, 3.05) is 4.90 Å². The number of halogens is 4. The second-order valence-electron chi connectivity index (χ2n) is 8.54. The molecule has 0 saturated carbocycles. The highest BCUT2D eigenvalue weighted by Gasteiger charge is 2.52. The Morgan fingerprint density at radius 3 is 2.25 bits per heavy atom. The maximum absolute atomic E-state index is 13.3. The molecule has 2 heterocycles. The second-order valence-corrected chi connectivity index (χ2v) is 10.9. The molecule has 3 aromatic rings. The number of pyridine rings is 1. The number of sulfone groups is 1. The van der Waals surface area contributed by atoms with E-state index in [-0.39, 0.29) is 12.2 Å². The van der Waals surface area contributed by atoms with Crippen molar-refractivity contribution in [2.45, 2.75) is 36.3 Å². The van der Waals surface area contributed by atoms with Crippen LogP contribution in [0.25, 0.3) is 11.3 Å². The van der Waals surface area contributed by atoms with Crippen LogP contribution < -0.4 is 4.90 Å². The molecule has 1 fully saturated rings. The summed E-state index contributed by atoms with van der Waals surface area (Å²) in [6, 6.07) is 13.3. The van der Waals surface area contributed by atoms with Gasteiger partial charge in [-0.1, -0.05) is 29.8 Å². The fraction of sp³-hybridized carbons (Fsp3) is 0.208. The number of benzene rings is 2. The van der Waals surface area contributed by atoms with E-state index in [0.29, 0.717) is 34.0 Å². The number of hydrogen-bond acceptors (Lipinski definition) is 5. The van der Waals surface area contributed by atoms with Gasteiger partial charge in [-0.2, -0.15) is 13.2 Å². The highest BCUT2D eigenvalue weighted by atomic mass is 35.5. The molecular formula is C24H19ClF3N3O4S. The van der Waals surface area contributed by atoms with Crippen molar-refractivity contribution in [3.8, 4) is 11.3 Å². The zero-order chi connectivity index (χ0) is 26.5. The summed E-state index contributed by atoms with van der Waals surface area (Å²) < 4.78 is 61.8. The summed E-state index contributed by atoms with van der Waals surface area (Å²) in [5.74, 6) is -0.612. The van der Waals surface area contributed by atoms with E-state index in [1.807, 2.05) is 6.07 Å². The first-order valence-electron chi connectivity index (χ1n) is 10.5. The Morgan fingerprint density at radius 2 is 1.64 bits per heavy atom. The van der Waals surface area contributed by atoms with Crippen LogP contribution in [-0.2, 0) is 21.2 Å². The number of rotatable bonds is 5. The topological polar surface area (TPSA) is 87.7 Å². The third kappa shape index (κ3) is 4.33. The molecule has 1 saturated heterocycles. The van der Waals surface area contributed by atoms with Crippen molar-refractivity contribution in [1.29, 1.82) is 0 Å². The number of alkyl halides is 3. The van der Waals surface area contributed by atoms with E-state index < -0.39 is 37.7 Å². The Hall–Kier alpha value is -3.44. The summed E-state index contributed by atoms with van der Waals surface area (Å²) in [4.78, 5) is 31.9. The highest BCUT2D eigenvalue weighted by molar-refractivity contribution is 7.92. The monoisotopic (exact) mass is 537 g/mol. The number of carbonyl (C=O) groups is 2. The smallest absolute Gasteiger partial charge is 0.305 e. The van der Waals surface area contributed by atoms with Gasteiger partial charge in [0.1, 0.15) is 5.54 Å². The van der Waals surface area contributed by atoms with Crippen LogP contribution in [0.4, 0.5) is 23.7 Å². The van der Waals surface area contributed by atoms with Gasteiger partial charge < -0.3 is 4.90 Å². The zero-order valence-electron chi connectivity index (χ0n) is 19.0. The van der Waals surface area contributed by atoms with Crippen molar-refractivity contribution < 1.29 is 31.2 Å². The van der Waals surface area contributed by atoms with Gasteiger partial charge in [0.15, 0.2) is 0 Å². The Morgan fingerprint density at radius 1 is 1.00 bits per heavy atom. The standard InChI is InChI=1S/C24H19ClF3N3O4S/c1-23(2)21(32)31(16-7-9-17(10-8-16)36(34,35)24(26,27)28)22(33)30(23)14-15-11-12-29-20(13-15)18-5-3-4-6-19(18)25/h3-13H,14H2,1-2H3. The lowest BCUT2D eigenvalue weighted by Gasteiger charge is -2.27. The molecule has 0 aliphatic carbocycles. The normalized spacial score (nSPS) is 16.1. The molecule has 36 heavy (non-hydrogen) atoms. The molecule has 0 N–H and O–H groups in total. The minimum absolute atomic E-state index is 0.0363. The van der Waals surface area contributed by atoms with E-state index in [1.165, 1.54) is 4.90 Å². The third-order valence-corrected chi connectivity index (χ3v) is 7.68. The van der Waals surface area contributed by atoms with E-state index >= 15 is 0 Å². The SMILES string of the molecule is CC1(C)C(=O)N(c2ccc(S(=O)(=O)C(F)(F)F)cc2)C(=O)N1Cc1ccnc(-c2ccccc2Cl)c1. The number of amides is 3. The van der Waals surface area contributed by atoms with E-state index in [4.69, 9.17) is 11.6 Å². The molecular weight excluding hydrogens is 519 g/mol. The van der Waals surface area contributed by atoms with Crippen LogP contribution in [0, 0.1) is 0 Å². The second kappa shape index (κ2) is 8.90. The first-order chi connectivity index (χ1) is 16.7. The van der Waals surface area contributed by atoms with Crippen LogP contribution in [-0.4, -0.2) is 41.3 Å². The van der Waals surface area contributed by atoms with E-state index in [2.05, 4.69) is 4.98 Å². The fourth-order valence-electron chi connectivity index (χ4n) is 3.81. The molecule has 2 aromatic carbocycles. The largest absolute Gasteiger partial charge is 0.501 e. The van der Waals surface area contributed by atoms with Crippen LogP contribution in [0.1, 0.15) is 19.4 Å². The van der Waals surface area contributed by atoms with Gasteiger partial charge in [-0.25, -0.2) is 18.1 Å². The van der Waals surface area contributed by atoms with Gasteiger partial charge in [-0.05, 0) is 61.9 Å². The molecule has 1 aromatic heterocycles. The first-order valence-corrected chi connectivity index (χ1v) is 12.4. The minimum atomic E-state index is -5.56. The maximum atomic E-state index is 13.3. The number of hydrogen-bond donors (Lipinski definition) is 0. The number of urea groups is 1. The summed E-state index contributed by atoms with van der Waals surface area (Å²) in [5, 5.41) is 0.497. The molecule has 4 rings (SSSR count). The summed E-state index contributed by atoms with van der Waals surface area (Å²) in [6.07, 6.45) is 1.56. The van der Waals surface area contributed by atoms with Crippen LogP contribution in [0.2, 0.25) is 5.02 Å². The predicted molar refractivity (Wildman–Crippen MR) is 127 cm³/mol. The number of carbonyl (C=O) groups excluding carboxylic acids is 2. The van der Waals surface area contributed by atoms with Crippen molar-refractivity contribution in [2.24, 2.45) is 0 Å². The van der Waals surface area contributed by atoms with Gasteiger partial charge in [0.25, 0.3) is 15.7 Å². The maximum Gasteiger partial charge on any atom is 0.501 e. The highest BCUT2D eigenvalue weighted by Crippen LogP contribution is 2.36. The molecule has 1 aliphatic heterocycles. The lowest BCUT2D eigenvalue weighted by atomic mass is 10.0. The Labute approximate surface area is 210 Å². The van der Waals surface area contributed by atoms with Gasteiger partial charge in [0.05, 0.1) is 16.3 Å². The van der Waals surface area contributed by atoms with Gasteiger partial charge in [-0.3, -0.25) is 9.78 Å². The van der Waals surface area contributed by atoms with Crippen LogP contribution >= 0.6 is 11.6 Å². The molecule has 0 bridgehead atoms. The molecule has 12 heteroatoms. The van der Waals surface area contributed by atoms with E-state index in [0.717, 1.165) is 17.0 Å². The van der Waals surface area contributed by atoms with E-state index in [1.54, 1.807) is 50.4 Å². The quantitative estimate of drug-likeness (QED) is 0.404. The van der Waals surface area contributed by atoms with Crippen molar-refractivity contribution >= 4 is 39.1 Å². The summed E-state index contributed by atoms with van der Waals surface area (Å²) in [5.41, 5.74) is -4.87. The van der Waals surface area contributed by atoms with Crippen molar-refractivity contribution in [3.63, 3.8) is 0 Å². The number of nitrogens with zero attached hydrogens (tertiary/aromatic N) is 3. The molecule has 188 valence electrons. The molecule has 0 atom stereocenters. The fourth-order valence-corrected chi connectivity index (χ4v) is 4.80. The van der Waals surface area contributed by atoms with Gasteiger partial charge in [-0.15, -0.1) is 0 Å². The third-order valence-electron chi connectivity index (χ3n) is 5.85. The first kappa shape index (κ1) is 25.6. The molecule has 3 amide bonds. The van der Waals surface area contributed by atoms with Crippen LogP contribution in [0.15, 0.2) is 71.8 Å². The molecule has 0 spiro atoms.